The van der Waals surface area contributed by atoms with Crippen LogP contribution in [0.25, 0.3) is 10.4 Å². The largest absolute Gasteiger partial charge is 0.458 e. The number of ether oxygens (including phenoxy) is 2. The summed E-state index contributed by atoms with van der Waals surface area (Å²) in [5.74, 6) is 0.614. The minimum absolute atomic E-state index is 0.0956. The van der Waals surface area contributed by atoms with Gasteiger partial charge in [-0.15, -0.1) is 0 Å². The van der Waals surface area contributed by atoms with Crippen molar-refractivity contribution in [2.45, 2.75) is 44.3 Å². The average molecular weight is 225 g/mol. The van der Waals surface area contributed by atoms with E-state index in [1.54, 1.807) is 0 Å². The second-order valence-corrected chi connectivity index (χ2v) is 4.34. The monoisotopic (exact) mass is 225 g/mol. The van der Waals surface area contributed by atoms with Crippen LogP contribution in [-0.4, -0.2) is 24.9 Å². The molecule has 0 aromatic carbocycles. The molecule has 16 heavy (non-hydrogen) atoms. The topological polar surface area (TPSA) is 87.6 Å². The van der Waals surface area contributed by atoms with Gasteiger partial charge in [-0.05, 0) is 43.6 Å². The highest BCUT2D eigenvalue weighted by atomic mass is 16.6. The van der Waals surface area contributed by atoms with Crippen LogP contribution in [0.15, 0.2) is 5.11 Å². The molecule has 0 aromatic rings. The third-order valence-electron chi connectivity index (χ3n) is 3.24. The van der Waals surface area contributed by atoms with Crippen molar-refractivity contribution in [3.8, 4) is 0 Å². The molecule has 1 amide bonds. The van der Waals surface area contributed by atoms with Gasteiger partial charge in [0.25, 0.3) is 0 Å². The fourth-order valence-corrected chi connectivity index (χ4v) is 2.32. The van der Waals surface area contributed by atoms with Crippen LogP contribution in [0.5, 0.6) is 0 Å². The Hall–Kier alpha value is -1.26. The second kappa shape index (κ2) is 5.18. The van der Waals surface area contributed by atoms with E-state index < -0.39 is 6.09 Å². The first-order valence-corrected chi connectivity index (χ1v) is 5.67. The van der Waals surface area contributed by atoms with E-state index in [2.05, 4.69) is 10.0 Å². The van der Waals surface area contributed by atoms with Gasteiger partial charge in [-0.2, -0.15) is 0 Å². The Bertz CT molecular complexity index is 310. The van der Waals surface area contributed by atoms with E-state index >= 15 is 0 Å². The van der Waals surface area contributed by atoms with Crippen LogP contribution in [0.4, 0.5) is 4.79 Å². The summed E-state index contributed by atoms with van der Waals surface area (Å²) in [6.07, 6.45) is 4.44. The van der Waals surface area contributed by atoms with Crippen LogP contribution in [0, 0.1) is 5.92 Å². The molecule has 0 spiro atoms. The predicted molar refractivity (Wildman–Crippen MR) is 55.7 cm³/mol. The summed E-state index contributed by atoms with van der Waals surface area (Å²) in [5.41, 5.74) is 8.09. The molecule has 1 heterocycles. The molecule has 1 aliphatic carbocycles. The first-order chi connectivity index (χ1) is 7.79. The molecule has 0 aromatic heterocycles. The lowest BCUT2D eigenvalue weighted by Gasteiger charge is -2.13. The molecule has 0 N–H and O–H groups in total. The molecule has 6 heteroatoms. The lowest BCUT2D eigenvalue weighted by molar-refractivity contribution is 0.0962. The summed E-state index contributed by atoms with van der Waals surface area (Å²) in [6, 6.07) is 0. The minimum atomic E-state index is -0.811. The van der Waals surface area contributed by atoms with Gasteiger partial charge in [-0.25, -0.2) is 4.79 Å². The number of rotatable bonds is 2. The van der Waals surface area contributed by atoms with Crippen LogP contribution in [-0.2, 0) is 9.47 Å². The number of hydrogen-bond acceptors (Lipinski definition) is 3. The van der Waals surface area contributed by atoms with Crippen molar-refractivity contribution in [1.82, 2.24) is 0 Å². The Morgan fingerprint density at radius 1 is 1.38 bits per heavy atom. The highest BCUT2D eigenvalue weighted by Crippen LogP contribution is 2.33. The Kier molecular flexibility index (Phi) is 3.64. The quantitative estimate of drug-likeness (QED) is 0.238. The SMILES string of the molecule is [N-]=[N+]=NC(=O)OC1CCCC(C2CO2)CC1. The van der Waals surface area contributed by atoms with Crippen molar-refractivity contribution in [2.75, 3.05) is 6.61 Å². The second-order valence-electron chi connectivity index (χ2n) is 4.34. The van der Waals surface area contributed by atoms with Crippen molar-refractivity contribution in [2.24, 2.45) is 11.0 Å². The van der Waals surface area contributed by atoms with Gasteiger partial charge in [-0.1, -0.05) is 0 Å². The molecule has 0 bridgehead atoms. The lowest BCUT2D eigenvalue weighted by Crippen LogP contribution is -2.15. The molecule has 3 atom stereocenters. The van der Waals surface area contributed by atoms with Crippen LogP contribution < -0.4 is 0 Å². The predicted octanol–water partition coefficient (Wildman–Crippen LogP) is 2.78. The maximum atomic E-state index is 11.0. The number of carbonyl (C=O) groups is 1. The number of hydrogen-bond donors (Lipinski definition) is 0. The molecule has 2 aliphatic rings. The van der Waals surface area contributed by atoms with Gasteiger partial charge in [0.1, 0.15) is 6.10 Å². The summed E-state index contributed by atoms with van der Waals surface area (Å²) in [5, 5.41) is 2.91. The fourth-order valence-electron chi connectivity index (χ4n) is 2.32. The fraction of sp³-hybridized carbons (Fsp3) is 0.900. The van der Waals surface area contributed by atoms with Crippen molar-refractivity contribution >= 4 is 6.09 Å². The van der Waals surface area contributed by atoms with Crippen LogP contribution in [0.1, 0.15) is 32.1 Å². The highest BCUT2D eigenvalue weighted by Gasteiger charge is 2.34. The standard InChI is InChI=1S/C10H15N3O3/c11-13-12-10(14)16-8-3-1-2-7(4-5-8)9-6-15-9/h7-9H,1-6H2. The molecule has 6 nitrogen and oxygen atoms in total. The van der Waals surface area contributed by atoms with E-state index in [4.69, 9.17) is 15.0 Å². The molecular weight excluding hydrogens is 210 g/mol. The number of carbonyl (C=O) groups excluding carboxylic acids is 1. The van der Waals surface area contributed by atoms with E-state index in [0.717, 1.165) is 38.7 Å². The Morgan fingerprint density at radius 3 is 2.88 bits per heavy atom. The van der Waals surface area contributed by atoms with Crippen molar-refractivity contribution in [3.63, 3.8) is 0 Å². The van der Waals surface area contributed by atoms with E-state index in [9.17, 15) is 4.79 Å². The normalized spacial score (nSPS) is 33.4. The maximum Gasteiger partial charge on any atom is 0.397 e. The van der Waals surface area contributed by atoms with E-state index in [1.165, 1.54) is 0 Å². The third-order valence-corrected chi connectivity index (χ3v) is 3.24. The average Bonchev–Trinajstić information content (AvgIpc) is 3.02. The number of nitrogens with zero attached hydrogens (tertiary/aromatic N) is 3. The Balaban J connectivity index is 1.78. The van der Waals surface area contributed by atoms with Gasteiger partial charge < -0.3 is 9.47 Å². The highest BCUT2D eigenvalue weighted by molar-refractivity contribution is 5.68. The summed E-state index contributed by atoms with van der Waals surface area (Å²) in [4.78, 5) is 13.4. The zero-order valence-electron chi connectivity index (χ0n) is 9.04. The maximum absolute atomic E-state index is 11.0. The van der Waals surface area contributed by atoms with Crippen molar-refractivity contribution in [3.05, 3.63) is 10.4 Å². The zero-order chi connectivity index (χ0) is 11.4. The smallest absolute Gasteiger partial charge is 0.397 e. The van der Waals surface area contributed by atoms with Gasteiger partial charge >= 0.3 is 6.09 Å². The molecule has 1 aliphatic heterocycles. The molecule has 88 valence electrons. The molecule has 3 unspecified atom stereocenters. The van der Waals surface area contributed by atoms with Gasteiger partial charge in [0.05, 0.1) is 12.7 Å². The molecule has 1 saturated carbocycles. The van der Waals surface area contributed by atoms with Crippen LogP contribution in [0.3, 0.4) is 0 Å². The third kappa shape index (κ3) is 3.12. The van der Waals surface area contributed by atoms with Gasteiger partial charge in [0.15, 0.2) is 0 Å². The van der Waals surface area contributed by atoms with E-state index in [0.29, 0.717) is 12.0 Å². The van der Waals surface area contributed by atoms with Crippen LogP contribution in [0.2, 0.25) is 0 Å². The molecular formula is C10H15N3O3. The van der Waals surface area contributed by atoms with E-state index in [1.807, 2.05) is 0 Å². The van der Waals surface area contributed by atoms with Crippen LogP contribution >= 0.6 is 0 Å². The molecule has 0 radical (unpaired) electrons. The van der Waals surface area contributed by atoms with Gasteiger partial charge in [0, 0.05) is 10.0 Å². The minimum Gasteiger partial charge on any atom is -0.458 e. The Morgan fingerprint density at radius 2 is 2.19 bits per heavy atom. The molecule has 2 rings (SSSR count). The van der Waals surface area contributed by atoms with Crippen molar-refractivity contribution < 1.29 is 14.3 Å². The zero-order valence-corrected chi connectivity index (χ0v) is 9.04. The summed E-state index contributed by atoms with van der Waals surface area (Å²) < 4.78 is 10.3. The number of azide groups is 1. The summed E-state index contributed by atoms with van der Waals surface area (Å²) >= 11 is 0. The first-order valence-electron chi connectivity index (χ1n) is 5.67. The van der Waals surface area contributed by atoms with Crippen molar-refractivity contribution in [1.29, 1.82) is 0 Å². The van der Waals surface area contributed by atoms with Gasteiger partial charge in [-0.3, -0.25) is 0 Å². The van der Waals surface area contributed by atoms with E-state index in [-0.39, 0.29) is 6.10 Å². The van der Waals surface area contributed by atoms with Gasteiger partial charge in [0.2, 0.25) is 0 Å². The summed E-state index contributed by atoms with van der Waals surface area (Å²) in [7, 11) is 0. The Labute approximate surface area is 93.5 Å². The molecule has 2 fully saturated rings. The summed E-state index contributed by atoms with van der Waals surface area (Å²) in [6.45, 7) is 0.883. The lowest BCUT2D eigenvalue weighted by atomic mass is 9.97. The first kappa shape index (κ1) is 11.2. The number of amides is 1. The number of epoxide rings is 1. The molecule has 1 saturated heterocycles.